The Kier molecular flexibility index (Phi) is 4.14. The normalized spacial score (nSPS) is 10.7. The zero-order valence-electron chi connectivity index (χ0n) is 12.2. The quantitative estimate of drug-likeness (QED) is 0.682. The van der Waals surface area contributed by atoms with Gasteiger partial charge in [-0.3, -0.25) is 14.6 Å². The summed E-state index contributed by atoms with van der Waals surface area (Å²) >= 11 is 0. The second kappa shape index (κ2) is 6.39. The second-order valence-electron chi connectivity index (χ2n) is 5.03. The Morgan fingerprint density at radius 3 is 2.17 bits per heavy atom. The zero-order valence-corrected chi connectivity index (χ0v) is 12.2. The van der Waals surface area contributed by atoms with Gasteiger partial charge in [-0.15, -0.1) is 0 Å². The van der Waals surface area contributed by atoms with Gasteiger partial charge in [-0.25, -0.2) is 4.39 Å². The van der Waals surface area contributed by atoms with Gasteiger partial charge in [-0.05, 0) is 18.2 Å². The van der Waals surface area contributed by atoms with Crippen LogP contribution in [0.3, 0.4) is 0 Å². The molecule has 1 aromatic heterocycles. The van der Waals surface area contributed by atoms with Crippen molar-refractivity contribution in [2.75, 3.05) is 10.6 Å². The molecule has 0 aliphatic carbocycles. The van der Waals surface area contributed by atoms with Crippen molar-refractivity contribution in [3.05, 3.63) is 86.2 Å². The van der Waals surface area contributed by atoms with E-state index in [1.165, 1.54) is 6.07 Å². The molecule has 0 saturated carbocycles. The van der Waals surface area contributed by atoms with Crippen molar-refractivity contribution < 1.29 is 4.39 Å². The Labute approximate surface area is 131 Å². The van der Waals surface area contributed by atoms with Crippen LogP contribution in [0.1, 0.15) is 11.3 Å². The number of halogens is 1. The summed E-state index contributed by atoms with van der Waals surface area (Å²) in [6, 6.07) is 11.7. The first-order valence-corrected chi connectivity index (χ1v) is 7.11. The van der Waals surface area contributed by atoms with E-state index in [9.17, 15) is 14.0 Å². The average Bonchev–Trinajstić information content (AvgIpc) is 2.59. The molecule has 2 aromatic carbocycles. The van der Waals surface area contributed by atoms with Crippen LogP contribution in [0.25, 0.3) is 0 Å². The summed E-state index contributed by atoms with van der Waals surface area (Å²) in [5.41, 5.74) is 0.421. The number of hydrogen-bond acceptors (Lipinski definition) is 5. The molecule has 0 fully saturated rings. The summed E-state index contributed by atoms with van der Waals surface area (Å²) in [5.74, 6) is -0.360. The van der Waals surface area contributed by atoms with Crippen LogP contribution in [0.2, 0.25) is 0 Å². The summed E-state index contributed by atoms with van der Waals surface area (Å²) in [7, 11) is 0. The lowest BCUT2D eigenvalue weighted by Gasteiger charge is -2.15. The first-order valence-electron chi connectivity index (χ1n) is 7.11. The lowest BCUT2D eigenvalue weighted by atomic mass is 10.1. The minimum absolute atomic E-state index is 0.135. The molecule has 0 amide bonds. The molecule has 0 radical (unpaired) electrons. The van der Waals surface area contributed by atoms with E-state index in [1.54, 1.807) is 30.5 Å². The van der Waals surface area contributed by atoms with Crippen molar-refractivity contribution in [2.45, 2.75) is 13.1 Å². The van der Waals surface area contributed by atoms with E-state index in [-0.39, 0.29) is 23.7 Å². The fourth-order valence-electron chi connectivity index (χ4n) is 2.24. The monoisotopic (exact) mass is 311 g/mol. The summed E-state index contributed by atoms with van der Waals surface area (Å²) in [5, 5.41) is 5.74. The number of aromatic nitrogens is 1. The maximum Gasteiger partial charge on any atom is 0.253 e. The fraction of sp³-hybridized carbons (Fsp3) is 0.118. The van der Waals surface area contributed by atoms with E-state index in [4.69, 9.17) is 0 Å². The van der Waals surface area contributed by atoms with Crippen molar-refractivity contribution in [1.29, 1.82) is 0 Å². The van der Waals surface area contributed by atoms with Crippen molar-refractivity contribution >= 4 is 11.4 Å². The maximum atomic E-state index is 13.6. The van der Waals surface area contributed by atoms with Gasteiger partial charge in [0.2, 0.25) is 0 Å². The Morgan fingerprint density at radius 1 is 0.870 bits per heavy atom. The van der Waals surface area contributed by atoms with Gasteiger partial charge >= 0.3 is 0 Å². The Balaban J connectivity index is 1.69. The number of rotatable bonds is 6. The Hall–Kier alpha value is -3.02. The number of nitrogens with one attached hydrogen (secondary N) is 2. The van der Waals surface area contributed by atoms with Gasteiger partial charge in [0.25, 0.3) is 10.9 Å². The molecular weight excluding hydrogens is 297 g/mol. The highest BCUT2D eigenvalue weighted by molar-refractivity contribution is 5.73. The molecule has 0 atom stereocenters. The third-order valence-corrected chi connectivity index (χ3v) is 3.50. The molecule has 1 heterocycles. The lowest BCUT2D eigenvalue weighted by molar-refractivity contribution is 0.613. The van der Waals surface area contributed by atoms with Gasteiger partial charge < -0.3 is 10.6 Å². The number of hydrogen-bond donors (Lipinski definition) is 2. The fourth-order valence-corrected chi connectivity index (χ4v) is 2.24. The van der Waals surface area contributed by atoms with Crippen LogP contribution in [0.4, 0.5) is 15.8 Å². The average molecular weight is 311 g/mol. The van der Waals surface area contributed by atoms with Crippen LogP contribution in [0.15, 0.2) is 58.3 Å². The topological polar surface area (TPSA) is 71.1 Å². The Morgan fingerprint density at radius 2 is 1.52 bits per heavy atom. The summed E-state index contributed by atoms with van der Waals surface area (Å²) in [4.78, 5) is 27.5. The molecule has 2 N–H and O–H groups in total. The van der Waals surface area contributed by atoms with Gasteiger partial charge in [-0.2, -0.15) is 0 Å². The van der Waals surface area contributed by atoms with E-state index < -0.39 is 10.9 Å². The van der Waals surface area contributed by atoms with Crippen LogP contribution in [-0.4, -0.2) is 4.98 Å². The van der Waals surface area contributed by atoms with Gasteiger partial charge in [0.05, 0.1) is 12.2 Å². The van der Waals surface area contributed by atoms with E-state index in [1.807, 2.05) is 12.1 Å². The van der Waals surface area contributed by atoms with Crippen molar-refractivity contribution in [3.63, 3.8) is 0 Å². The minimum Gasteiger partial charge on any atom is -0.376 e. The van der Waals surface area contributed by atoms with Gasteiger partial charge in [0, 0.05) is 18.3 Å². The third-order valence-electron chi connectivity index (χ3n) is 3.50. The molecule has 0 unspecified atom stereocenters. The predicted molar refractivity (Wildman–Crippen MR) is 86.6 cm³/mol. The van der Waals surface area contributed by atoms with Crippen molar-refractivity contribution in [3.8, 4) is 0 Å². The molecule has 5 nitrogen and oxygen atoms in total. The number of benzene rings is 1. The van der Waals surface area contributed by atoms with Crippen LogP contribution < -0.4 is 21.5 Å². The molecule has 0 bridgehead atoms. The molecule has 0 spiro atoms. The second-order valence-corrected chi connectivity index (χ2v) is 5.03. The first-order chi connectivity index (χ1) is 11.2. The van der Waals surface area contributed by atoms with E-state index in [0.29, 0.717) is 12.1 Å². The highest BCUT2D eigenvalue weighted by atomic mass is 19.1. The molecule has 0 aliphatic heterocycles. The highest BCUT2D eigenvalue weighted by Crippen LogP contribution is 2.17. The molecular formula is C17H14FN3O2. The molecule has 116 valence electrons. The number of nitrogens with zero attached hydrogens (tertiary/aromatic N) is 1. The van der Waals surface area contributed by atoms with Crippen LogP contribution >= 0.6 is 0 Å². The molecule has 6 heteroatoms. The summed E-state index contributed by atoms with van der Waals surface area (Å²) < 4.78 is 13.6. The van der Waals surface area contributed by atoms with Crippen molar-refractivity contribution in [1.82, 2.24) is 4.98 Å². The van der Waals surface area contributed by atoms with Crippen molar-refractivity contribution in [2.24, 2.45) is 0 Å². The SMILES string of the molecule is O=c1c(NCc2ccccn2)c(NCc2ccccc2F)c1=O. The number of pyridine rings is 1. The molecule has 3 rings (SSSR count). The molecule has 23 heavy (non-hydrogen) atoms. The number of anilines is 2. The van der Waals surface area contributed by atoms with Crippen LogP contribution in [0, 0.1) is 5.82 Å². The van der Waals surface area contributed by atoms with E-state index in [2.05, 4.69) is 15.6 Å². The predicted octanol–water partition coefficient (Wildman–Crippen LogP) is 2.04. The van der Waals surface area contributed by atoms with E-state index >= 15 is 0 Å². The van der Waals surface area contributed by atoms with Crippen LogP contribution in [0.5, 0.6) is 0 Å². The third kappa shape index (κ3) is 3.11. The van der Waals surface area contributed by atoms with Crippen LogP contribution in [-0.2, 0) is 13.1 Å². The Bertz CT molecular complexity index is 886. The summed E-state index contributed by atoms with van der Waals surface area (Å²) in [6.45, 7) is 0.468. The smallest absolute Gasteiger partial charge is 0.253 e. The molecule has 0 aliphatic rings. The van der Waals surface area contributed by atoms with Gasteiger partial charge in [0.15, 0.2) is 0 Å². The zero-order chi connectivity index (χ0) is 16.2. The van der Waals surface area contributed by atoms with Gasteiger partial charge in [0.1, 0.15) is 17.2 Å². The maximum absolute atomic E-state index is 13.6. The highest BCUT2D eigenvalue weighted by Gasteiger charge is 2.20. The summed E-state index contributed by atoms with van der Waals surface area (Å²) in [6.07, 6.45) is 1.65. The van der Waals surface area contributed by atoms with Gasteiger partial charge in [-0.1, -0.05) is 24.3 Å². The minimum atomic E-state index is -0.593. The molecule has 3 aromatic rings. The largest absolute Gasteiger partial charge is 0.376 e. The van der Waals surface area contributed by atoms with E-state index in [0.717, 1.165) is 5.69 Å². The lowest BCUT2D eigenvalue weighted by Crippen LogP contribution is -2.37. The molecule has 0 saturated heterocycles. The first kappa shape index (κ1) is 14.9. The standard InChI is InChI=1S/C17H14FN3O2/c18-13-7-2-1-5-11(13)9-20-14-15(17(23)16(14)22)21-10-12-6-3-4-8-19-12/h1-8,20-21H,9-10H2.